The zero-order valence-corrected chi connectivity index (χ0v) is 13.4. The second kappa shape index (κ2) is 7.87. The summed E-state index contributed by atoms with van der Waals surface area (Å²) in [6.07, 6.45) is 0. The predicted octanol–water partition coefficient (Wildman–Crippen LogP) is 2.08. The van der Waals surface area contributed by atoms with Crippen molar-refractivity contribution in [2.24, 2.45) is 0 Å². The first-order valence-corrected chi connectivity index (χ1v) is 7.08. The number of hydrogen-bond acceptors (Lipinski definition) is 6. The lowest BCUT2D eigenvalue weighted by atomic mass is 10.2. The molecule has 0 aliphatic carbocycles. The molecule has 0 spiro atoms. The molecule has 0 bridgehead atoms. The Balaban J connectivity index is 1.96. The van der Waals surface area contributed by atoms with Crippen molar-refractivity contribution >= 4 is 23.3 Å². The monoisotopic (exact) mass is 330 g/mol. The molecule has 0 aliphatic rings. The average molecular weight is 330 g/mol. The molecule has 0 aliphatic heterocycles. The van der Waals surface area contributed by atoms with Crippen LogP contribution in [0.4, 0.5) is 11.4 Å². The van der Waals surface area contributed by atoms with E-state index in [4.69, 9.17) is 19.9 Å². The Morgan fingerprint density at radius 1 is 1.04 bits per heavy atom. The van der Waals surface area contributed by atoms with Crippen molar-refractivity contribution < 1.29 is 23.8 Å². The van der Waals surface area contributed by atoms with E-state index in [-0.39, 0.29) is 0 Å². The van der Waals surface area contributed by atoms with Crippen LogP contribution in [0, 0.1) is 0 Å². The smallest absolute Gasteiger partial charge is 0.338 e. The third-order valence-corrected chi connectivity index (χ3v) is 3.16. The summed E-state index contributed by atoms with van der Waals surface area (Å²) in [5.74, 6) is -0.0768. The van der Waals surface area contributed by atoms with Crippen LogP contribution in [0.3, 0.4) is 0 Å². The summed E-state index contributed by atoms with van der Waals surface area (Å²) in [5, 5.41) is 2.61. The number of amides is 1. The molecule has 1 amide bonds. The SMILES string of the molecule is COc1ccc(OC)c(NC(=O)COC(=O)c2ccc(N)cc2)c1. The van der Waals surface area contributed by atoms with Gasteiger partial charge in [0.05, 0.1) is 25.5 Å². The van der Waals surface area contributed by atoms with Gasteiger partial charge in [0, 0.05) is 11.8 Å². The summed E-state index contributed by atoms with van der Waals surface area (Å²) in [6.45, 7) is -0.427. The van der Waals surface area contributed by atoms with E-state index in [2.05, 4.69) is 5.32 Å². The van der Waals surface area contributed by atoms with Gasteiger partial charge < -0.3 is 25.3 Å². The van der Waals surface area contributed by atoms with Crippen LogP contribution in [-0.4, -0.2) is 32.7 Å². The van der Waals surface area contributed by atoms with Gasteiger partial charge in [-0.05, 0) is 36.4 Å². The fourth-order valence-corrected chi connectivity index (χ4v) is 1.93. The van der Waals surface area contributed by atoms with Gasteiger partial charge in [-0.3, -0.25) is 4.79 Å². The number of ether oxygens (including phenoxy) is 3. The molecule has 3 N–H and O–H groups in total. The summed E-state index contributed by atoms with van der Waals surface area (Å²) in [6, 6.07) is 11.2. The van der Waals surface area contributed by atoms with Gasteiger partial charge in [-0.1, -0.05) is 0 Å². The van der Waals surface area contributed by atoms with Gasteiger partial charge in [0.25, 0.3) is 5.91 Å². The lowest BCUT2D eigenvalue weighted by Crippen LogP contribution is -2.21. The van der Waals surface area contributed by atoms with Gasteiger partial charge in [-0.2, -0.15) is 0 Å². The minimum absolute atomic E-state index is 0.316. The highest BCUT2D eigenvalue weighted by molar-refractivity contribution is 5.96. The molecule has 0 saturated carbocycles. The van der Waals surface area contributed by atoms with Gasteiger partial charge in [0.1, 0.15) is 11.5 Å². The highest BCUT2D eigenvalue weighted by Crippen LogP contribution is 2.28. The Labute approximate surface area is 139 Å². The number of carbonyl (C=O) groups excluding carboxylic acids is 2. The van der Waals surface area contributed by atoms with Gasteiger partial charge >= 0.3 is 5.97 Å². The molecule has 0 atom stereocenters. The molecule has 2 aromatic rings. The van der Waals surface area contributed by atoms with Gasteiger partial charge in [0.2, 0.25) is 0 Å². The Kier molecular flexibility index (Phi) is 5.62. The van der Waals surface area contributed by atoms with E-state index >= 15 is 0 Å². The first kappa shape index (κ1) is 17.1. The number of anilines is 2. The standard InChI is InChI=1S/C17H18N2O5/c1-22-13-7-8-15(23-2)14(9-13)19-16(20)10-24-17(21)11-3-5-12(18)6-4-11/h3-9H,10,18H2,1-2H3,(H,19,20). The quantitative estimate of drug-likeness (QED) is 0.621. The molecule has 0 aromatic heterocycles. The number of benzene rings is 2. The Morgan fingerprint density at radius 2 is 1.75 bits per heavy atom. The number of hydrogen-bond donors (Lipinski definition) is 2. The van der Waals surface area contributed by atoms with E-state index in [0.717, 1.165) is 0 Å². The van der Waals surface area contributed by atoms with Crippen molar-refractivity contribution in [3.63, 3.8) is 0 Å². The second-order valence-corrected chi connectivity index (χ2v) is 4.81. The first-order chi connectivity index (χ1) is 11.5. The minimum atomic E-state index is -0.609. The lowest BCUT2D eigenvalue weighted by Gasteiger charge is -2.12. The number of nitrogen functional groups attached to an aromatic ring is 1. The maximum atomic E-state index is 12.0. The molecule has 2 aromatic carbocycles. The maximum Gasteiger partial charge on any atom is 0.338 e. The summed E-state index contributed by atoms with van der Waals surface area (Å²) in [5.41, 5.74) is 6.82. The average Bonchev–Trinajstić information content (AvgIpc) is 2.60. The molecule has 7 nitrogen and oxygen atoms in total. The zero-order chi connectivity index (χ0) is 17.5. The topological polar surface area (TPSA) is 99.9 Å². The van der Waals surface area contributed by atoms with Crippen LogP contribution >= 0.6 is 0 Å². The van der Waals surface area contributed by atoms with Crippen LogP contribution in [0.15, 0.2) is 42.5 Å². The van der Waals surface area contributed by atoms with Crippen molar-refractivity contribution in [3.8, 4) is 11.5 Å². The summed E-state index contributed by atoms with van der Waals surface area (Å²) < 4.78 is 15.2. The van der Waals surface area contributed by atoms with E-state index in [1.165, 1.54) is 26.4 Å². The van der Waals surface area contributed by atoms with Crippen LogP contribution < -0.4 is 20.5 Å². The van der Waals surface area contributed by atoms with Crippen molar-refractivity contribution in [1.29, 1.82) is 0 Å². The van der Waals surface area contributed by atoms with Crippen molar-refractivity contribution in [1.82, 2.24) is 0 Å². The van der Waals surface area contributed by atoms with E-state index in [0.29, 0.717) is 28.4 Å². The van der Waals surface area contributed by atoms with Crippen molar-refractivity contribution in [2.45, 2.75) is 0 Å². The van der Waals surface area contributed by atoms with E-state index < -0.39 is 18.5 Å². The Morgan fingerprint density at radius 3 is 2.38 bits per heavy atom. The van der Waals surface area contributed by atoms with Crippen LogP contribution in [0.1, 0.15) is 10.4 Å². The van der Waals surface area contributed by atoms with Gasteiger partial charge in [0.15, 0.2) is 6.61 Å². The Hall–Kier alpha value is -3.22. The van der Waals surface area contributed by atoms with Crippen LogP contribution in [0.5, 0.6) is 11.5 Å². The molecule has 7 heteroatoms. The number of nitrogens with one attached hydrogen (secondary N) is 1. The van der Waals surface area contributed by atoms with Gasteiger partial charge in [-0.25, -0.2) is 4.79 Å². The predicted molar refractivity (Wildman–Crippen MR) is 89.3 cm³/mol. The third-order valence-electron chi connectivity index (χ3n) is 3.16. The zero-order valence-electron chi connectivity index (χ0n) is 13.4. The van der Waals surface area contributed by atoms with E-state index in [1.54, 1.807) is 30.3 Å². The van der Waals surface area contributed by atoms with Crippen LogP contribution in [0.2, 0.25) is 0 Å². The normalized spacial score (nSPS) is 9.92. The molecule has 0 unspecified atom stereocenters. The third kappa shape index (κ3) is 4.39. The molecular weight excluding hydrogens is 312 g/mol. The number of nitrogens with two attached hydrogens (primary N) is 1. The fraction of sp³-hybridized carbons (Fsp3) is 0.176. The maximum absolute atomic E-state index is 12.0. The number of methoxy groups -OCH3 is 2. The minimum Gasteiger partial charge on any atom is -0.497 e. The lowest BCUT2D eigenvalue weighted by molar-refractivity contribution is -0.119. The number of esters is 1. The molecule has 0 radical (unpaired) electrons. The number of rotatable bonds is 6. The Bertz CT molecular complexity index is 728. The first-order valence-electron chi connectivity index (χ1n) is 7.08. The van der Waals surface area contributed by atoms with E-state index in [1.807, 2.05) is 0 Å². The molecule has 126 valence electrons. The highest BCUT2D eigenvalue weighted by Gasteiger charge is 2.12. The van der Waals surface area contributed by atoms with Gasteiger partial charge in [-0.15, -0.1) is 0 Å². The summed E-state index contributed by atoms with van der Waals surface area (Å²) in [4.78, 5) is 23.8. The second-order valence-electron chi connectivity index (χ2n) is 4.81. The summed E-state index contributed by atoms with van der Waals surface area (Å²) in [7, 11) is 3.00. The fourth-order valence-electron chi connectivity index (χ4n) is 1.93. The largest absolute Gasteiger partial charge is 0.497 e. The molecule has 0 fully saturated rings. The van der Waals surface area contributed by atoms with Crippen molar-refractivity contribution in [2.75, 3.05) is 31.9 Å². The van der Waals surface area contributed by atoms with Crippen molar-refractivity contribution in [3.05, 3.63) is 48.0 Å². The molecule has 0 saturated heterocycles. The molecule has 24 heavy (non-hydrogen) atoms. The summed E-state index contributed by atoms with van der Waals surface area (Å²) >= 11 is 0. The van der Waals surface area contributed by atoms with E-state index in [9.17, 15) is 9.59 Å². The van der Waals surface area contributed by atoms with Crippen LogP contribution in [-0.2, 0) is 9.53 Å². The van der Waals surface area contributed by atoms with Crippen LogP contribution in [0.25, 0.3) is 0 Å². The molecule has 2 rings (SSSR count). The number of carbonyl (C=O) groups is 2. The molecular formula is C17H18N2O5. The highest BCUT2D eigenvalue weighted by atomic mass is 16.5. The molecule has 0 heterocycles.